The summed E-state index contributed by atoms with van der Waals surface area (Å²) in [7, 11) is 0. The summed E-state index contributed by atoms with van der Waals surface area (Å²) in [5.41, 5.74) is 0.863. The molecule has 114 valence electrons. The minimum atomic E-state index is 0.409. The SMILES string of the molecule is CC1(C2CC2)CN(C2CCCCC2)C(C)(C2CC2)CN1. The number of rotatable bonds is 3. The number of hydrogen-bond acceptors (Lipinski definition) is 2. The molecular weight excluding hydrogens is 244 g/mol. The zero-order valence-corrected chi connectivity index (χ0v) is 13.5. The topological polar surface area (TPSA) is 15.3 Å². The van der Waals surface area contributed by atoms with Crippen LogP contribution in [0.4, 0.5) is 0 Å². The zero-order chi connectivity index (χ0) is 13.8. The highest BCUT2D eigenvalue weighted by molar-refractivity contribution is 5.12. The predicted octanol–water partition coefficient (Wildman–Crippen LogP) is 3.56. The summed E-state index contributed by atoms with van der Waals surface area (Å²) in [6.07, 6.45) is 13.2. The Morgan fingerprint density at radius 3 is 2.10 bits per heavy atom. The molecule has 1 saturated heterocycles. The van der Waals surface area contributed by atoms with E-state index in [-0.39, 0.29) is 0 Å². The van der Waals surface area contributed by atoms with Gasteiger partial charge in [0.05, 0.1) is 0 Å². The summed E-state index contributed by atoms with van der Waals surface area (Å²) in [6.45, 7) is 7.63. The van der Waals surface area contributed by atoms with Crippen molar-refractivity contribution in [3.8, 4) is 0 Å². The molecule has 0 amide bonds. The maximum atomic E-state index is 4.00. The van der Waals surface area contributed by atoms with Gasteiger partial charge in [0.15, 0.2) is 0 Å². The van der Waals surface area contributed by atoms with Gasteiger partial charge in [-0.3, -0.25) is 4.90 Å². The molecule has 0 spiro atoms. The Morgan fingerprint density at radius 2 is 1.50 bits per heavy atom. The standard InChI is InChI=1S/C18H32N2/c1-17(14-8-9-14)13-20(16-6-4-3-5-7-16)18(2,12-19-17)15-10-11-15/h14-16,19H,3-13H2,1-2H3. The molecule has 4 aliphatic rings. The van der Waals surface area contributed by atoms with E-state index in [0.717, 1.165) is 17.9 Å². The number of nitrogens with zero attached hydrogens (tertiary/aromatic N) is 1. The van der Waals surface area contributed by atoms with E-state index in [9.17, 15) is 0 Å². The van der Waals surface area contributed by atoms with Crippen molar-refractivity contribution in [3.05, 3.63) is 0 Å². The molecule has 1 aliphatic heterocycles. The molecule has 0 aromatic carbocycles. The minimum Gasteiger partial charge on any atom is -0.308 e. The van der Waals surface area contributed by atoms with Crippen LogP contribution in [0.5, 0.6) is 0 Å². The van der Waals surface area contributed by atoms with Crippen molar-refractivity contribution >= 4 is 0 Å². The summed E-state index contributed by atoms with van der Waals surface area (Å²) in [5.74, 6) is 1.93. The van der Waals surface area contributed by atoms with E-state index < -0.39 is 0 Å². The largest absolute Gasteiger partial charge is 0.308 e. The zero-order valence-electron chi connectivity index (χ0n) is 13.5. The number of nitrogens with one attached hydrogen (secondary N) is 1. The van der Waals surface area contributed by atoms with Gasteiger partial charge in [0, 0.05) is 30.2 Å². The summed E-state index contributed by atoms with van der Waals surface area (Å²) >= 11 is 0. The first-order valence-corrected chi connectivity index (χ1v) is 9.14. The van der Waals surface area contributed by atoms with Gasteiger partial charge in [0.2, 0.25) is 0 Å². The molecule has 3 aliphatic carbocycles. The fourth-order valence-electron chi connectivity index (χ4n) is 5.09. The van der Waals surface area contributed by atoms with Crippen LogP contribution >= 0.6 is 0 Å². The van der Waals surface area contributed by atoms with Gasteiger partial charge >= 0.3 is 0 Å². The van der Waals surface area contributed by atoms with Crippen LogP contribution in [0.25, 0.3) is 0 Å². The molecule has 4 fully saturated rings. The van der Waals surface area contributed by atoms with E-state index in [1.165, 1.54) is 70.9 Å². The third kappa shape index (κ3) is 2.23. The van der Waals surface area contributed by atoms with Gasteiger partial charge in [-0.2, -0.15) is 0 Å². The highest BCUT2D eigenvalue weighted by Gasteiger charge is 2.55. The van der Waals surface area contributed by atoms with Crippen LogP contribution in [-0.4, -0.2) is 35.1 Å². The fraction of sp³-hybridized carbons (Fsp3) is 1.00. The Bertz CT molecular complexity index is 368. The van der Waals surface area contributed by atoms with Gasteiger partial charge in [-0.05, 0) is 64.2 Å². The summed E-state index contributed by atoms with van der Waals surface area (Å²) < 4.78 is 0. The molecule has 1 heterocycles. The summed E-state index contributed by atoms with van der Waals surface area (Å²) in [6, 6.07) is 0.884. The average Bonchev–Trinajstić information content (AvgIpc) is 3.32. The molecule has 2 heteroatoms. The molecule has 0 aromatic rings. The van der Waals surface area contributed by atoms with E-state index in [0.29, 0.717) is 11.1 Å². The first-order chi connectivity index (χ1) is 9.62. The second kappa shape index (κ2) is 4.71. The van der Waals surface area contributed by atoms with Crippen LogP contribution in [0.1, 0.15) is 71.6 Å². The maximum Gasteiger partial charge on any atom is 0.0337 e. The van der Waals surface area contributed by atoms with Crippen molar-refractivity contribution in [2.24, 2.45) is 11.8 Å². The molecule has 0 radical (unpaired) electrons. The third-order valence-electron chi connectivity index (χ3n) is 6.96. The van der Waals surface area contributed by atoms with Crippen molar-refractivity contribution < 1.29 is 0 Å². The summed E-state index contributed by atoms with van der Waals surface area (Å²) in [4.78, 5) is 3.00. The molecule has 2 unspecified atom stereocenters. The van der Waals surface area contributed by atoms with Crippen LogP contribution in [0, 0.1) is 11.8 Å². The lowest BCUT2D eigenvalue weighted by molar-refractivity contribution is -0.0415. The Balaban J connectivity index is 1.57. The highest BCUT2D eigenvalue weighted by Crippen LogP contribution is 2.50. The molecule has 2 atom stereocenters. The van der Waals surface area contributed by atoms with Gasteiger partial charge < -0.3 is 5.32 Å². The molecule has 4 rings (SSSR count). The summed E-state index contributed by atoms with van der Waals surface area (Å²) in [5, 5.41) is 4.00. The molecule has 0 aromatic heterocycles. The lowest BCUT2D eigenvalue weighted by Gasteiger charge is -2.56. The first-order valence-electron chi connectivity index (χ1n) is 9.14. The van der Waals surface area contributed by atoms with Gasteiger partial charge in [-0.1, -0.05) is 19.3 Å². The van der Waals surface area contributed by atoms with Crippen LogP contribution < -0.4 is 5.32 Å². The van der Waals surface area contributed by atoms with Crippen LogP contribution in [-0.2, 0) is 0 Å². The quantitative estimate of drug-likeness (QED) is 0.848. The smallest absolute Gasteiger partial charge is 0.0337 e. The van der Waals surface area contributed by atoms with Crippen molar-refractivity contribution in [2.75, 3.05) is 13.1 Å². The van der Waals surface area contributed by atoms with Crippen molar-refractivity contribution in [1.29, 1.82) is 0 Å². The molecule has 0 bridgehead atoms. The monoisotopic (exact) mass is 276 g/mol. The fourth-order valence-corrected chi connectivity index (χ4v) is 5.09. The normalized spacial score (nSPS) is 44.7. The Morgan fingerprint density at radius 1 is 0.850 bits per heavy atom. The Labute approximate surface area is 124 Å². The Kier molecular flexibility index (Phi) is 3.20. The maximum absolute atomic E-state index is 4.00. The van der Waals surface area contributed by atoms with Crippen LogP contribution in [0.2, 0.25) is 0 Å². The predicted molar refractivity (Wildman–Crippen MR) is 83.8 cm³/mol. The lowest BCUT2D eigenvalue weighted by Crippen LogP contribution is -2.71. The van der Waals surface area contributed by atoms with E-state index in [2.05, 4.69) is 24.1 Å². The van der Waals surface area contributed by atoms with Gasteiger partial charge in [0.25, 0.3) is 0 Å². The minimum absolute atomic E-state index is 0.409. The Hall–Kier alpha value is -0.0800. The number of hydrogen-bond donors (Lipinski definition) is 1. The van der Waals surface area contributed by atoms with Crippen molar-refractivity contribution in [3.63, 3.8) is 0 Å². The van der Waals surface area contributed by atoms with Crippen molar-refractivity contribution in [2.45, 2.75) is 88.8 Å². The molecular formula is C18H32N2. The lowest BCUT2D eigenvalue weighted by atomic mass is 9.79. The second-order valence-electron chi connectivity index (χ2n) is 8.60. The van der Waals surface area contributed by atoms with E-state index in [1.807, 2.05) is 0 Å². The van der Waals surface area contributed by atoms with Crippen molar-refractivity contribution in [1.82, 2.24) is 10.2 Å². The van der Waals surface area contributed by atoms with E-state index >= 15 is 0 Å². The van der Waals surface area contributed by atoms with E-state index in [1.54, 1.807) is 0 Å². The number of piperazine rings is 1. The first kappa shape index (κ1) is 13.6. The molecule has 3 saturated carbocycles. The van der Waals surface area contributed by atoms with Crippen LogP contribution in [0.3, 0.4) is 0 Å². The van der Waals surface area contributed by atoms with Gasteiger partial charge in [-0.15, -0.1) is 0 Å². The van der Waals surface area contributed by atoms with Gasteiger partial charge in [0.1, 0.15) is 0 Å². The van der Waals surface area contributed by atoms with Crippen LogP contribution in [0.15, 0.2) is 0 Å². The average molecular weight is 276 g/mol. The molecule has 1 N–H and O–H groups in total. The van der Waals surface area contributed by atoms with E-state index in [4.69, 9.17) is 0 Å². The highest BCUT2D eigenvalue weighted by atomic mass is 15.3. The van der Waals surface area contributed by atoms with Gasteiger partial charge in [-0.25, -0.2) is 0 Å². The molecule has 2 nitrogen and oxygen atoms in total. The second-order valence-corrected chi connectivity index (χ2v) is 8.60. The third-order valence-corrected chi connectivity index (χ3v) is 6.96. The molecule has 20 heavy (non-hydrogen) atoms.